The van der Waals surface area contributed by atoms with Crippen LogP contribution in [0.2, 0.25) is 0 Å². The van der Waals surface area contributed by atoms with Crippen molar-refractivity contribution in [3.63, 3.8) is 0 Å². The number of fused-ring (bicyclic) bond motifs is 3. The number of alkyl halides is 7. The second-order valence-electron chi connectivity index (χ2n) is 12.3. The van der Waals surface area contributed by atoms with Crippen LogP contribution in [0.3, 0.4) is 0 Å². The van der Waals surface area contributed by atoms with Crippen LogP contribution in [0.4, 0.5) is 30.7 Å². The number of rotatable bonds is 4. The molecule has 44 heavy (non-hydrogen) atoms. The summed E-state index contributed by atoms with van der Waals surface area (Å²) in [6, 6.07) is 6.38. The van der Waals surface area contributed by atoms with Crippen molar-refractivity contribution < 1.29 is 52.4 Å². The molecule has 2 unspecified atom stereocenters. The minimum atomic E-state index is -6.35. The van der Waals surface area contributed by atoms with Crippen molar-refractivity contribution in [1.29, 1.82) is 0 Å². The molecule has 2 aromatic rings. The number of benzene rings is 2. The van der Waals surface area contributed by atoms with E-state index in [4.69, 9.17) is 0 Å². The molecule has 5 rings (SSSR count). The van der Waals surface area contributed by atoms with Crippen LogP contribution in [0.5, 0.6) is 0 Å². The van der Waals surface area contributed by atoms with Gasteiger partial charge in [-0.1, -0.05) is 37.3 Å². The summed E-state index contributed by atoms with van der Waals surface area (Å²) in [4.78, 5) is 15.2. The van der Waals surface area contributed by atoms with E-state index in [1.165, 1.54) is 23.1 Å². The molecule has 0 aromatic heterocycles. The minimum Gasteiger partial charge on any atom is -0.337 e. The van der Waals surface area contributed by atoms with Crippen LogP contribution >= 0.6 is 0 Å². The van der Waals surface area contributed by atoms with Crippen molar-refractivity contribution >= 4 is 25.6 Å². The van der Waals surface area contributed by atoms with Gasteiger partial charge in [0.05, 0.1) is 22.4 Å². The Kier molecular flexibility index (Phi) is 7.55. The fraction of sp³-hybridized carbons (Fsp3) is 0.552. The Labute approximate surface area is 250 Å². The largest absolute Gasteiger partial charge is 0.435 e. The zero-order valence-corrected chi connectivity index (χ0v) is 25.4. The van der Waals surface area contributed by atoms with Gasteiger partial charge in [-0.15, -0.1) is 0 Å². The minimum absolute atomic E-state index is 0.0163. The van der Waals surface area contributed by atoms with Gasteiger partial charge in [0.25, 0.3) is 0 Å². The third-order valence-electron chi connectivity index (χ3n) is 9.55. The monoisotopic (exact) mass is 669 g/mol. The van der Waals surface area contributed by atoms with Gasteiger partial charge < -0.3 is 4.90 Å². The number of sulfone groups is 2. The van der Waals surface area contributed by atoms with Crippen LogP contribution in [0.25, 0.3) is 0 Å². The predicted octanol–water partition coefficient (Wildman–Crippen LogP) is 5.72. The lowest BCUT2D eigenvalue weighted by Gasteiger charge is -2.45. The number of amides is 1. The number of aryl methyl sites for hydroxylation is 2. The number of hydrogen-bond donors (Lipinski definition) is 0. The van der Waals surface area contributed by atoms with Crippen LogP contribution < -0.4 is 0 Å². The molecule has 2 heterocycles. The van der Waals surface area contributed by atoms with Gasteiger partial charge >= 0.3 is 18.0 Å². The summed E-state index contributed by atoms with van der Waals surface area (Å²) in [7, 11) is -7.81. The summed E-state index contributed by atoms with van der Waals surface area (Å²) < 4.78 is 148. The van der Waals surface area contributed by atoms with Crippen LogP contribution in [0.1, 0.15) is 54.9 Å². The summed E-state index contributed by atoms with van der Waals surface area (Å²) in [5.74, 6) is -0.916. The Morgan fingerprint density at radius 2 is 1.55 bits per heavy atom. The van der Waals surface area contributed by atoms with Gasteiger partial charge in [-0.2, -0.15) is 26.3 Å². The smallest absolute Gasteiger partial charge is 0.337 e. The fourth-order valence-corrected chi connectivity index (χ4v) is 11.2. The molecule has 1 amide bonds. The molecule has 2 saturated heterocycles. The highest BCUT2D eigenvalue weighted by molar-refractivity contribution is 7.92. The van der Waals surface area contributed by atoms with E-state index >= 15 is 4.39 Å². The van der Waals surface area contributed by atoms with Crippen LogP contribution in [-0.4, -0.2) is 64.1 Å². The van der Waals surface area contributed by atoms with Crippen molar-refractivity contribution in [3.8, 4) is 0 Å². The molecule has 242 valence electrons. The van der Waals surface area contributed by atoms with Crippen molar-refractivity contribution in [2.24, 2.45) is 5.41 Å². The molecular formula is C29H30F7NO5S2. The molecule has 2 aromatic carbocycles. The molecule has 0 N–H and O–H groups in total. The van der Waals surface area contributed by atoms with Crippen molar-refractivity contribution in [1.82, 2.24) is 4.90 Å². The molecule has 3 aliphatic rings. The van der Waals surface area contributed by atoms with E-state index in [-0.39, 0.29) is 66.2 Å². The van der Waals surface area contributed by atoms with Crippen LogP contribution in [0.15, 0.2) is 47.4 Å². The Morgan fingerprint density at radius 3 is 2.11 bits per heavy atom. The summed E-state index contributed by atoms with van der Waals surface area (Å²) in [5, 5.41) is 0. The zero-order chi connectivity index (χ0) is 32.7. The number of halogens is 7. The summed E-state index contributed by atoms with van der Waals surface area (Å²) in [5.41, 5.74) is -8.22. The highest BCUT2D eigenvalue weighted by atomic mass is 32.2. The topological polar surface area (TPSA) is 88.6 Å². The first-order valence-electron chi connectivity index (χ1n) is 13.9. The van der Waals surface area contributed by atoms with Gasteiger partial charge in [-0.3, -0.25) is 4.79 Å². The Morgan fingerprint density at radius 1 is 0.932 bits per heavy atom. The number of hydrogen-bond acceptors (Lipinski definition) is 5. The molecule has 15 heteroatoms. The van der Waals surface area contributed by atoms with Crippen LogP contribution in [0, 0.1) is 12.3 Å². The molecule has 2 fully saturated rings. The maximum atomic E-state index is 15.0. The summed E-state index contributed by atoms with van der Waals surface area (Å²) in [6.45, 7) is 3.15. The molecule has 0 bridgehead atoms. The molecule has 0 saturated carbocycles. The first-order chi connectivity index (χ1) is 20.1. The molecule has 2 aliphatic heterocycles. The van der Waals surface area contributed by atoms with E-state index in [0.29, 0.717) is 17.7 Å². The highest BCUT2D eigenvalue weighted by Crippen LogP contribution is 2.57. The second kappa shape index (κ2) is 10.2. The van der Waals surface area contributed by atoms with E-state index in [0.717, 1.165) is 6.07 Å². The van der Waals surface area contributed by atoms with Crippen LogP contribution in [-0.2, 0) is 41.3 Å². The average molecular weight is 670 g/mol. The second-order valence-corrected chi connectivity index (χ2v) is 16.8. The maximum Gasteiger partial charge on any atom is 0.435 e. The van der Waals surface area contributed by atoms with Gasteiger partial charge in [0, 0.05) is 17.5 Å². The Bertz CT molecular complexity index is 1690. The van der Waals surface area contributed by atoms with Crippen molar-refractivity contribution in [2.75, 3.05) is 18.1 Å². The van der Waals surface area contributed by atoms with E-state index in [9.17, 15) is 48.0 Å². The average Bonchev–Trinajstić information content (AvgIpc) is 3.34. The van der Waals surface area contributed by atoms with E-state index in [1.807, 2.05) is 0 Å². The normalized spacial score (nSPS) is 25.3. The first kappa shape index (κ1) is 32.7. The molecule has 1 aliphatic carbocycles. The quantitative estimate of drug-likeness (QED) is 0.389. The molecule has 2 atom stereocenters. The lowest BCUT2D eigenvalue weighted by molar-refractivity contribution is -0.348. The SMILES string of the molecule is Cc1cccc(S(=O)(=O)C23CCN(C(=O)C4(C)CCS(=O)(=O)CC4)C2CCc2cc(C(F)(C(F)(F)F)C(F)(F)F)ccc23)c1. The Hall–Kier alpha value is -2.68. The van der Waals surface area contributed by atoms with Gasteiger partial charge in [0.15, 0.2) is 9.84 Å². The molecular weight excluding hydrogens is 639 g/mol. The number of carbonyl (C=O) groups excluding carboxylic acids is 1. The van der Waals surface area contributed by atoms with E-state index < -0.39 is 65.4 Å². The number of likely N-dealkylation sites (tertiary alicyclic amines) is 1. The van der Waals surface area contributed by atoms with E-state index in [1.54, 1.807) is 19.9 Å². The predicted molar refractivity (Wildman–Crippen MR) is 146 cm³/mol. The standard InChI is InChI=1S/C29H30F7NO5S2/c1-18-4-3-5-21(16-18)44(41,42)26-10-13-37(24(38)25(2)11-14-43(39,40)15-12-25)23(26)9-6-19-17-20(7-8-22(19)26)27(30,28(31,32)33)29(34,35)36/h3-5,7-8,16-17,23H,6,9-15H2,1-2H3. The van der Waals surface area contributed by atoms with Gasteiger partial charge in [-0.05, 0) is 67.9 Å². The van der Waals surface area contributed by atoms with Gasteiger partial charge in [0.2, 0.25) is 5.91 Å². The number of nitrogens with zero attached hydrogens (tertiary/aromatic N) is 1. The lowest BCUT2D eigenvalue weighted by Crippen LogP contribution is -2.55. The maximum absolute atomic E-state index is 15.0. The van der Waals surface area contributed by atoms with E-state index in [2.05, 4.69) is 0 Å². The molecule has 0 spiro atoms. The highest BCUT2D eigenvalue weighted by Gasteiger charge is 2.74. The third kappa shape index (κ3) is 4.74. The molecule has 6 nitrogen and oxygen atoms in total. The first-order valence-corrected chi connectivity index (χ1v) is 17.2. The Balaban J connectivity index is 1.68. The number of carbonyl (C=O) groups is 1. The van der Waals surface area contributed by atoms with Crippen molar-refractivity contribution in [2.45, 2.75) is 79.7 Å². The summed E-state index contributed by atoms with van der Waals surface area (Å²) in [6.07, 6.45) is -13.2. The lowest BCUT2D eigenvalue weighted by atomic mass is 9.76. The van der Waals surface area contributed by atoms with Gasteiger partial charge in [-0.25, -0.2) is 21.2 Å². The van der Waals surface area contributed by atoms with Crippen molar-refractivity contribution in [3.05, 3.63) is 64.7 Å². The summed E-state index contributed by atoms with van der Waals surface area (Å²) >= 11 is 0. The zero-order valence-electron chi connectivity index (χ0n) is 23.7. The fourth-order valence-electron chi connectivity index (χ4n) is 7.02. The molecule has 0 radical (unpaired) electrons. The van der Waals surface area contributed by atoms with Gasteiger partial charge in [0.1, 0.15) is 14.6 Å². The third-order valence-corrected chi connectivity index (χ3v) is 13.7.